The summed E-state index contributed by atoms with van der Waals surface area (Å²) >= 11 is 0. The van der Waals surface area contributed by atoms with E-state index in [-0.39, 0.29) is 17.0 Å². The molecule has 0 unspecified atom stereocenters. The average Bonchev–Trinajstić information content (AvgIpc) is 2.34. The lowest BCUT2D eigenvalue weighted by atomic mass is 10.1. The molecule has 4 nitrogen and oxygen atoms in total. The Hall–Kier alpha value is -0.653. The Bertz CT molecular complexity index is 359. The Morgan fingerprint density at radius 3 is 2.20 bits per heavy atom. The first-order valence-corrected chi connectivity index (χ1v) is 9.98. The maximum absolute atomic E-state index is 12.0. The van der Waals surface area contributed by atoms with Crippen LogP contribution in [0.2, 0.25) is 18.1 Å². The molecule has 0 radical (unpaired) electrons. The summed E-state index contributed by atoms with van der Waals surface area (Å²) in [5.41, 5.74) is 1.09. The molecular formula is C15H31NO3Si. The number of hydrogen-bond acceptors (Lipinski definition) is 3. The minimum absolute atomic E-state index is 0.0718. The topological polar surface area (TPSA) is 38.8 Å². The van der Waals surface area contributed by atoms with E-state index in [4.69, 9.17) is 9.26 Å². The summed E-state index contributed by atoms with van der Waals surface area (Å²) in [5.74, 6) is -0.0718. The molecule has 0 aromatic heterocycles. The molecule has 1 atom stereocenters. The normalized spacial score (nSPS) is 15.2. The van der Waals surface area contributed by atoms with Crippen LogP contribution in [0.4, 0.5) is 0 Å². The molecule has 118 valence electrons. The first-order valence-electron chi connectivity index (χ1n) is 7.07. The third kappa shape index (κ3) is 5.38. The van der Waals surface area contributed by atoms with Crippen molar-refractivity contribution in [1.82, 2.24) is 5.06 Å². The Balaban J connectivity index is 5.07. The minimum Gasteiger partial charge on any atom is -0.410 e. The standard InChI is InChI=1S/C15H31NO3Si/c1-10-12(2)13(11-14(17)16(6)18-7)19-20(8,9)15(3,4)5/h10,13H,11H2,1-9H3/b12-10+/t13-/m0/s1. The molecule has 0 rings (SSSR count). The van der Waals surface area contributed by atoms with Crippen LogP contribution >= 0.6 is 0 Å². The molecule has 0 bridgehead atoms. The molecule has 0 heterocycles. The molecule has 0 fully saturated rings. The van der Waals surface area contributed by atoms with E-state index >= 15 is 0 Å². The molecule has 1 amide bonds. The molecule has 0 saturated carbocycles. The fourth-order valence-corrected chi connectivity index (χ4v) is 2.74. The van der Waals surface area contributed by atoms with Crippen molar-refractivity contribution in [3.63, 3.8) is 0 Å². The molecular weight excluding hydrogens is 270 g/mol. The molecule has 0 N–H and O–H groups in total. The van der Waals surface area contributed by atoms with Gasteiger partial charge in [0.2, 0.25) is 5.91 Å². The highest BCUT2D eigenvalue weighted by Crippen LogP contribution is 2.38. The highest BCUT2D eigenvalue weighted by atomic mass is 28.4. The van der Waals surface area contributed by atoms with E-state index in [1.807, 2.05) is 19.9 Å². The van der Waals surface area contributed by atoms with Crippen LogP contribution in [0.1, 0.15) is 41.0 Å². The fourth-order valence-electron chi connectivity index (χ4n) is 1.40. The van der Waals surface area contributed by atoms with Gasteiger partial charge < -0.3 is 4.43 Å². The second-order valence-corrected chi connectivity index (χ2v) is 11.4. The van der Waals surface area contributed by atoms with Gasteiger partial charge in [-0.05, 0) is 37.6 Å². The van der Waals surface area contributed by atoms with E-state index < -0.39 is 8.32 Å². The number of carbonyl (C=O) groups excluding carboxylic acids is 1. The van der Waals surface area contributed by atoms with Crippen LogP contribution in [0.5, 0.6) is 0 Å². The maximum Gasteiger partial charge on any atom is 0.248 e. The lowest BCUT2D eigenvalue weighted by Crippen LogP contribution is -2.45. The zero-order chi connectivity index (χ0) is 16.1. The van der Waals surface area contributed by atoms with E-state index in [0.29, 0.717) is 6.42 Å². The van der Waals surface area contributed by atoms with Crippen molar-refractivity contribution in [2.24, 2.45) is 0 Å². The number of hydroxylamine groups is 2. The van der Waals surface area contributed by atoms with Crippen LogP contribution in [0.25, 0.3) is 0 Å². The van der Waals surface area contributed by atoms with Crippen LogP contribution in [0.3, 0.4) is 0 Å². The van der Waals surface area contributed by atoms with E-state index in [2.05, 4.69) is 33.9 Å². The molecule has 0 aromatic rings. The van der Waals surface area contributed by atoms with Crippen LogP contribution in [0, 0.1) is 0 Å². The van der Waals surface area contributed by atoms with Crippen molar-refractivity contribution in [3.8, 4) is 0 Å². The van der Waals surface area contributed by atoms with Gasteiger partial charge >= 0.3 is 0 Å². The molecule has 0 aliphatic heterocycles. The Kier molecular flexibility index (Phi) is 7.14. The monoisotopic (exact) mass is 301 g/mol. The minimum atomic E-state index is -1.91. The molecule has 0 aliphatic carbocycles. The number of allylic oxidation sites excluding steroid dienone is 1. The lowest BCUT2D eigenvalue weighted by molar-refractivity contribution is -0.170. The van der Waals surface area contributed by atoms with Gasteiger partial charge in [-0.1, -0.05) is 26.8 Å². The van der Waals surface area contributed by atoms with Crippen LogP contribution in [-0.2, 0) is 14.1 Å². The summed E-state index contributed by atoms with van der Waals surface area (Å²) in [4.78, 5) is 17.0. The highest BCUT2D eigenvalue weighted by Gasteiger charge is 2.39. The zero-order valence-corrected chi connectivity index (χ0v) is 15.5. The molecule has 5 heteroatoms. The number of amides is 1. The van der Waals surface area contributed by atoms with Gasteiger partial charge in [0.05, 0.1) is 19.6 Å². The SMILES string of the molecule is C/C=C(\C)[C@H](CC(=O)N(C)OC)O[Si](C)(C)C(C)(C)C. The summed E-state index contributed by atoms with van der Waals surface area (Å²) in [5, 5.41) is 1.38. The van der Waals surface area contributed by atoms with E-state index in [1.54, 1.807) is 7.05 Å². The molecule has 0 aliphatic rings. The van der Waals surface area contributed by atoms with Gasteiger partial charge in [-0.3, -0.25) is 9.63 Å². The first kappa shape index (κ1) is 19.3. The predicted molar refractivity (Wildman–Crippen MR) is 85.9 cm³/mol. The van der Waals surface area contributed by atoms with Crippen molar-refractivity contribution in [1.29, 1.82) is 0 Å². The second-order valence-electron chi connectivity index (χ2n) is 6.68. The number of nitrogens with zero attached hydrogens (tertiary/aromatic N) is 1. The number of carbonyl (C=O) groups is 1. The quantitative estimate of drug-likeness (QED) is 0.426. The van der Waals surface area contributed by atoms with Gasteiger partial charge in [0.1, 0.15) is 0 Å². The van der Waals surface area contributed by atoms with E-state index in [0.717, 1.165) is 5.57 Å². The second kappa shape index (κ2) is 7.38. The van der Waals surface area contributed by atoms with Crippen LogP contribution in [-0.4, -0.2) is 39.5 Å². The third-order valence-electron chi connectivity index (χ3n) is 4.19. The molecule has 0 spiro atoms. The Morgan fingerprint density at radius 2 is 1.85 bits per heavy atom. The van der Waals surface area contributed by atoms with Gasteiger partial charge in [-0.2, -0.15) is 0 Å². The van der Waals surface area contributed by atoms with E-state index in [9.17, 15) is 4.79 Å². The number of rotatable bonds is 6. The van der Waals surface area contributed by atoms with Crippen molar-refractivity contribution < 1.29 is 14.1 Å². The van der Waals surface area contributed by atoms with Crippen LogP contribution < -0.4 is 0 Å². The fraction of sp³-hybridized carbons (Fsp3) is 0.800. The van der Waals surface area contributed by atoms with Gasteiger partial charge in [-0.15, -0.1) is 0 Å². The predicted octanol–water partition coefficient (Wildman–Crippen LogP) is 3.75. The summed E-state index contributed by atoms with van der Waals surface area (Å²) in [6, 6.07) is 0. The third-order valence-corrected chi connectivity index (χ3v) is 8.68. The van der Waals surface area contributed by atoms with Gasteiger partial charge in [0.25, 0.3) is 0 Å². The smallest absolute Gasteiger partial charge is 0.248 e. The summed E-state index contributed by atoms with van der Waals surface area (Å²) in [6.45, 7) is 15.0. The van der Waals surface area contributed by atoms with Crippen LogP contribution in [0.15, 0.2) is 11.6 Å². The Labute approximate surface area is 125 Å². The Morgan fingerprint density at radius 1 is 1.35 bits per heavy atom. The largest absolute Gasteiger partial charge is 0.410 e. The summed E-state index contributed by atoms with van der Waals surface area (Å²) in [7, 11) is 1.20. The van der Waals surface area contributed by atoms with E-state index in [1.165, 1.54) is 12.2 Å². The van der Waals surface area contributed by atoms with Gasteiger partial charge in [0, 0.05) is 7.05 Å². The molecule has 20 heavy (non-hydrogen) atoms. The first-order chi connectivity index (χ1) is 8.96. The summed E-state index contributed by atoms with van der Waals surface area (Å²) in [6.07, 6.45) is 2.15. The zero-order valence-electron chi connectivity index (χ0n) is 14.5. The average molecular weight is 302 g/mol. The van der Waals surface area contributed by atoms with Crippen molar-refractivity contribution >= 4 is 14.2 Å². The van der Waals surface area contributed by atoms with Gasteiger partial charge in [-0.25, -0.2) is 5.06 Å². The maximum atomic E-state index is 12.0. The molecule has 0 saturated heterocycles. The number of hydrogen-bond donors (Lipinski definition) is 0. The van der Waals surface area contributed by atoms with Crippen molar-refractivity contribution in [3.05, 3.63) is 11.6 Å². The van der Waals surface area contributed by atoms with Crippen molar-refractivity contribution in [2.75, 3.05) is 14.2 Å². The van der Waals surface area contributed by atoms with Gasteiger partial charge in [0.15, 0.2) is 8.32 Å². The lowest BCUT2D eigenvalue weighted by Gasteiger charge is -2.39. The summed E-state index contributed by atoms with van der Waals surface area (Å²) < 4.78 is 6.39. The highest BCUT2D eigenvalue weighted by molar-refractivity contribution is 6.74. The molecule has 0 aromatic carbocycles. The van der Waals surface area contributed by atoms with Crippen molar-refractivity contribution in [2.45, 2.75) is 65.3 Å².